The molecule has 0 atom stereocenters. The molecule has 27 heavy (non-hydrogen) atoms. The lowest BCUT2D eigenvalue weighted by molar-refractivity contribution is -0.384. The van der Waals surface area contributed by atoms with Gasteiger partial charge in [-0.2, -0.15) is 8.42 Å². The van der Waals surface area contributed by atoms with Crippen LogP contribution in [0.5, 0.6) is 0 Å². The molecule has 0 amide bonds. The fourth-order valence-corrected chi connectivity index (χ4v) is 6.30. The normalized spacial score (nSPS) is 11.7. The van der Waals surface area contributed by atoms with Crippen molar-refractivity contribution in [3.63, 3.8) is 0 Å². The van der Waals surface area contributed by atoms with Crippen LogP contribution in [0.1, 0.15) is 0 Å². The van der Waals surface area contributed by atoms with Crippen molar-refractivity contribution in [3.8, 4) is 0 Å². The number of nitro benzene ring substituents is 1. The minimum Gasteiger partial charge on any atom is -0.258 e. The number of non-ortho nitro benzene ring substituents is 1. The molecule has 3 rings (SSSR count). The van der Waals surface area contributed by atoms with E-state index < -0.39 is 24.7 Å². The van der Waals surface area contributed by atoms with Crippen molar-refractivity contribution in [2.75, 3.05) is 0 Å². The van der Waals surface area contributed by atoms with E-state index in [1.54, 1.807) is 60.7 Å². The van der Waals surface area contributed by atoms with Gasteiger partial charge in [0.25, 0.3) is 15.7 Å². The van der Waals surface area contributed by atoms with Crippen LogP contribution in [0.15, 0.2) is 103 Å². The number of hydrogen-bond donors (Lipinski definition) is 0. The Bertz CT molecular complexity index is 1140. The van der Waals surface area contributed by atoms with Gasteiger partial charge >= 0.3 is 0 Å². The fourth-order valence-electron chi connectivity index (χ4n) is 2.35. The molecule has 0 aliphatic rings. The van der Waals surface area contributed by atoms with Gasteiger partial charge in [0.2, 0.25) is 0 Å². The summed E-state index contributed by atoms with van der Waals surface area (Å²) in [6, 6.07) is 20.5. The predicted octanol–water partition coefficient (Wildman–Crippen LogP) is 3.87. The van der Waals surface area contributed by atoms with Crippen molar-refractivity contribution in [2.24, 2.45) is 3.77 Å². The third-order valence-electron chi connectivity index (χ3n) is 3.67. The molecule has 0 N–H and O–H groups in total. The lowest BCUT2D eigenvalue weighted by atomic mass is 10.3. The highest BCUT2D eigenvalue weighted by atomic mass is 32.3. The van der Waals surface area contributed by atoms with Gasteiger partial charge in [-0.25, -0.2) is 4.21 Å². The molecule has 7 nitrogen and oxygen atoms in total. The van der Waals surface area contributed by atoms with E-state index in [-0.39, 0.29) is 20.4 Å². The zero-order valence-corrected chi connectivity index (χ0v) is 15.5. The molecule has 0 spiro atoms. The molecule has 9 heteroatoms. The van der Waals surface area contributed by atoms with Crippen LogP contribution in [0.3, 0.4) is 0 Å². The molecule has 0 heterocycles. The first kappa shape index (κ1) is 18.7. The standard InChI is InChI=1S/C18H14N2O5S2/c21-20(22)15-11-13-18(14-12-15)27(24,25)19-26(23,16-7-3-1-4-8-16)17-9-5-2-6-10-17/h1-14H. The van der Waals surface area contributed by atoms with Gasteiger partial charge < -0.3 is 0 Å². The van der Waals surface area contributed by atoms with E-state index in [9.17, 15) is 22.7 Å². The molecule has 0 aliphatic carbocycles. The van der Waals surface area contributed by atoms with Crippen LogP contribution in [0.4, 0.5) is 5.69 Å². The van der Waals surface area contributed by atoms with Gasteiger partial charge in [-0.15, -0.1) is 0 Å². The third-order valence-corrected chi connectivity index (χ3v) is 7.99. The van der Waals surface area contributed by atoms with Crippen LogP contribution in [-0.4, -0.2) is 17.6 Å². The largest absolute Gasteiger partial charge is 0.290 e. The number of hydrogen-bond acceptors (Lipinski definition) is 5. The van der Waals surface area contributed by atoms with E-state index in [4.69, 9.17) is 0 Å². The first-order valence-electron chi connectivity index (χ1n) is 7.71. The summed E-state index contributed by atoms with van der Waals surface area (Å²) >= 11 is 0. The molecule has 0 unspecified atom stereocenters. The molecular weight excluding hydrogens is 388 g/mol. The smallest absolute Gasteiger partial charge is 0.258 e. The third kappa shape index (κ3) is 3.88. The second-order valence-corrected chi connectivity index (χ2v) is 9.46. The van der Waals surface area contributed by atoms with Crippen LogP contribution in [0.25, 0.3) is 0 Å². The van der Waals surface area contributed by atoms with Crippen molar-refractivity contribution in [3.05, 3.63) is 95.0 Å². The summed E-state index contributed by atoms with van der Waals surface area (Å²) in [6.45, 7) is 0. The van der Waals surface area contributed by atoms with Crippen LogP contribution in [0, 0.1) is 10.1 Å². The van der Waals surface area contributed by atoms with E-state index in [1.807, 2.05) is 0 Å². The average Bonchev–Trinajstić information content (AvgIpc) is 2.69. The molecule has 0 aromatic heterocycles. The quantitative estimate of drug-likeness (QED) is 0.476. The highest BCUT2D eigenvalue weighted by Crippen LogP contribution is 2.27. The van der Waals surface area contributed by atoms with Gasteiger partial charge in [0.1, 0.15) is 9.73 Å². The fraction of sp³-hybridized carbons (Fsp3) is 0. The van der Waals surface area contributed by atoms with Gasteiger partial charge in [0, 0.05) is 12.1 Å². The van der Waals surface area contributed by atoms with E-state index in [2.05, 4.69) is 3.77 Å². The first-order valence-corrected chi connectivity index (χ1v) is 10.7. The zero-order valence-electron chi connectivity index (χ0n) is 13.8. The van der Waals surface area contributed by atoms with Crippen molar-refractivity contribution in [1.29, 1.82) is 0 Å². The molecule has 138 valence electrons. The first-order chi connectivity index (χ1) is 12.8. The second kappa shape index (κ2) is 7.29. The summed E-state index contributed by atoms with van der Waals surface area (Å²) in [7, 11) is -7.81. The SMILES string of the molecule is O=[N+]([O-])c1ccc(S(=O)(=O)N=S(=O)(c2ccccc2)c2ccccc2)cc1. The van der Waals surface area contributed by atoms with E-state index >= 15 is 0 Å². The van der Waals surface area contributed by atoms with Crippen molar-refractivity contribution >= 4 is 25.4 Å². The van der Waals surface area contributed by atoms with Gasteiger partial charge in [-0.1, -0.05) is 40.2 Å². The van der Waals surface area contributed by atoms with Gasteiger partial charge in [0.15, 0.2) is 0 Å². The number of nitrogens with zero attached hydrogens (tertiary/aromatic N) is 2. The summed E-state index contributed by atoms with van der Waals surface area (Å²) in [5, 5.41) is 10.7. The average molecular weight is 402 g/mol. The molecular formula is C18H14N2O5S2. The Morgan fingerprint density at radius 2 is 1.11 bits per heavy atom. The van der Waals surface area contributed by atoms with Crippen molar-refractivity contribution in [1.82, 2.24) is 0 Å². The Kier molecular flexibility index (Phi) is 5.06. The molecule has 0 aliphatic heterocycles. The van der Waals surface area contributed by atoms with Crippen LogP contribution in [0.2, 0.25) is 0 Å². The monoisotopic (exact) mass is 402 g/mol. The Hall–Kier alpha value is -3.04. The minimum atomic E-state index is -4.33. The number of benzene rings is 3. The van der Waals surface area contributed by atoms with E-state index in [1.165, 1.54) is 0 Å². The molecule has 3 aromatic rings. The summed E-state index contributed by atoms with van der Waals surface area (Å²) in [6.07, 6.45) is 0. The topological polar surface area (TPSA) is 107 Å². The van der Waals surface area contributed by atoms with Gasteiger partial charge in [0.05, 0.1) is 19.6 Å². The summed E-state index contributed by atoms with van der Waals surface area (Å²) in [4.78, 5) is 10.3. The Morgan fingerprint density at radius 3 is 1.52 bits per heavy atom. The van der Waals surface area contributed by atoms with E-state index in [0.29, 0.717) is 0 Å². The molecule has 0 radical (unpaired) electrons. The predicted molar refractivity (Wildman–Crippen MR) is 100 cm³/mol. The highest BCUT2D eigenvalue weighted by Gasteiger charge is 2.23. The molecule has 0 saturated heterocycles. The molecule has 0 bridgehead atoms. The summed E-state index contributed by atoms with van der Waals surface area (Å²) < 4.78 is 43.0. The van der Waals surface area contributed by atoms with Crippen LogP contribution in [-0.2, 0) is 19.8 Å². The Morgan fingerprint density at radius 1 is 0.667 bits per heavy atom. The van der Waals surface area contributed by atoms with Gasteiger partial charge in [-0.3, -0.25) is 10.1 Å². The molecule has 0 fully saturated rings. The molecule has 3 aromatic carbocycles. The van der Waals surface area contributed by atoms with Crippen molar-refractivity contribution < 1.29 is 17.6 Å². The second-order valence-electron chi connectivity index (χ2n) is 5.45. The number of sulfonamides is 1. The van der Waals surface area contributed by atoms with Crippen molar-refractivity contribution in [2.45, 2.75) is 14.7 Å². The lowest BCUT2D eigenvalue weighted by Crippen LogP contribution is -2.07. The molecule has 0 saturated carbocycles. The van der Waals surface area contributed by atoms with Gasteiger partial charge in [-0.05, 0) is 36.4 Å². The minimum absolute atomic E-state index is 0.249. The maximum absolute atomic E-state index is 13.7. The summed E-state index contributed by atoms with van der Waals surface area (Å²) in [5.74, 6) is 0. The lowest BCUT2D eigenvalue weighted by Gasteiger charge is -2.11. The highest BCUT2D eigenvalue weighted by molar-refractivity contribution is 8.03. The maximum atomic E-state index is 13.7. The van der Waals surface area contributed by atoms with Crippen LogP contribution < -0.4 is 0 Å². The number of nitro groups is 1. The van der Waals surface area contributed by atoms with E-state index in [0.717, 1.165) is 24.3 Å². The zero-order chi connectivity index (χ0) is 19.5. The van der Waals surface area contributed by atoms with Crippen LogP contribution >= 0.6 is 0 Å². The summed E-state index contributed by atoms with van der Waals surface area (Å²) in [5.41, 5.74) is -0.249. The Labute approximate surface area is 156 Å². The Balaban J connectivity index is 2.22. The number of rotatable bonds is 5. The maximum Gasteiger partial charge on any atom is 0.290 e.